The topological polar surface area (TPSA) is 9.23 Å². The van der Waals surface area contributed by atoms with Crippen LogP contribution >= 0.6 is 0 Å². The zero-order chi connectivity index (χ0) is 9.68. The molecule has 0 spiro atoms. The van der Waals surface area contributed by atoms with Crippen molar-refractivity contribution in [1.29, 1.82) is 0 Å². The van der Waals surface area contributed by atoms with Gasteiger partial charge in [0.25, 0.3) is 0 Å². The summed E-state index contributed by atoms with van der Waals surface area (Å²) < 4.78 is 5.74. The first-order valence-electron chi connectivity index (χ1n) is 5.26. The quantitative estimate of drug-likeness (QED) is 0.641. The van der Waals surface area contributed by atoms with E-state index in [1.165, 1.54) is 12.0 Å². The fourth-order valence-corrected chi connectivity index (χ4v) is 1.43. The standard InChI is InChI=1S/C12H20O/c1-4-11-7-5-6-8-12(11)13-9-10(2)3/h7-8,10H,4-6,9H2,1-3H3. The average Bonchev–Trinajstić information content (AvgIpc) is 2.15. The molecule has 0 aromatic rings. The molecular weight excluding hydrogens is 160 g/mol. The molecule has 13 heavy (non-hydrogen) atoms. The van der Waals surface area contributed by atoms with Crippen molar-refractivity contribution >= 4 is 0 Å². The van der Waals surface area contributed by atoms with Gasteiger partial charge in [0.15, 0.2) is 0 Å². The van der Waals surface area contributed by atoms with Crippen LogP contribution in [0.2, 0.25) is 0 Å². The summed E-state index contributed by atoms with van der Waals surface area (Å²) >= 11 is 0. The maximum Gasteiger partial charge on any atom is 0.118 e. The van der Waals surface area contributed by atoms with Gasteiger partial charge >= 0.3 is 0 Å². The second kappa shape index (κ2) is 5.11. The molecule has 0 saturated heterocycles. The highest BCUT2D eigenvalue weighted by Gasteiger charge is 2.08. The van der Waals surface area contributed by atoms with Crippen molar-refractivity contribution in [3.63, 3.8) is 0 Å². The van der Waals surface area contributed by atoms with E-state index in [2.05, 4.69) is 32.9 Å². The van der Waals surface area contributed by atoms with Crippen molar-refractivity contribution < 1.29 is 4.74 Å². The van der Waals surface area contributed by atoms with Crippen LogP contribution in [0.25, 0.3) is 0 Å². The molecule has 0 aromatic heterocycles. The molecule has 0 heterocycles. The van der Waals surface area contributed by atoms with Gasteiger partial charge < -0.3 is 4.74 Å². The smallest absolute Gasteiger partial charge is 0.118 e. The first-order chi connectivity index (χ1) is 6.24. The number of rotatable bonds is 4. The second-order valence-corrected chi connectivity index (χ2v) is 3.93. The summed E-state index contributed by atoms with van der Waals surface area (Å²) in [4.78, 5) is 0. The molecule has 1 rings (SSSR count). The second-order valence-electron chi connectivity index (χ2n) is 3.93. The van der Waals surface area contributed by atoms with E-state index < -0.39 is 0 Å². The fraction of sp³-hybridized carbons (Fsp3) is 0.667. The SMILES string of the molecule is CCC1=CCCC=C1OCC(C)C. The minimum absolute atomic E-state index is 0.612. The molecule has 0 N–H and O–H groups in total. The van der Waals surface area contributed by atoms with Crippen molar-refractivity contribution in [2.75, 3.05) is 6.61 Å². The lowest BCUT2D eigenvalue weighted by Gasteiger charge is -2.17. The molecular formula is C12H20O. The molecule has 0 aromatic carbocycles. The summed E-state index contributed by atoms with van der Waals surface area (Å²) in [6.07, 6.45) is 7.93. The van der Waals surface area contributed by atoms with Gasteiger partial charge in [-0.1, -0.05) is 26.8 Å². The highest BCUT2D eigenvalue weighted by Crippen LogP contribution is 2.22. The van der Waals surface area contributed by atoms with E-state index >= 15 is 0 Å². The lowest BCUT2D eigenvalue weighted by molar-refractivity contribution is 0.183. The highest BCUT2D eigenvalue weighted by atomic mass is 16.5. The predicted octanol–water partition coefficient (Wildman–Crippen LogP) is 3.67. The van der Waals surface area contributed by atoms with Crippen molar-refractivity contribution in [1.82, 2.24) is 0 Å². The first kappa shape index (κ1) is 10.4. The van der Waals surface area contributed by atoms with E-state index in [1.54, 1.807) is 0 Å². The Morgan fingerprint density at radius 3 is 2.62 bits per heavy atom. The van der Waals surface area contributed by atoms with Crippen molar-refractivity contribution in [3.8, 4) is 0 Å². The summed E-state index contributed by atoms with van der Waals surface area (Å²) in [6, 6.07) is 0. The van der Waals surface area contributed by atoms with E-state index in [-0.39, 0.29) is 0 Å². The van der Waals surface area contributed by atoms with Gasteiger partial charge in [-0.15, -0.1) is 0 Å². The van der Waals surface area contributed by atoms with Crippen molar-refractivity contribution in [2.45, 2.75) is 40.0 Å². The van der Waals surface area contributed by atoms with Crippen LogP contribution in [0, 0.1) is 5.92 Å². The highest BCUT2D eigenvalue weighted by molar-refractivity contribution is 5.28. The van der Waals surface area contributed by atoms with Gasteiger partial charge in [-0.05, 0) is 36.8 Å². The molecule has 0 unspecified atom stereocenters. The van der Waals surface area contributed by atoms with Crippen LogP contribution < -0.4 is 0 Å². The molecule has 0 fully saturated rings. The van der Waals surface area contributed by atoms with Crippen molar-refractivity contribution in [2.24, 2.45) is 5.92 Å². The molecule has 0 amide bonds. The summed E-state index contributed by atoms with van der Waals surface area (Å²) in [6.45, 7) is 7.38. The van der Waals surface area contributed by atoms with Gasteiger partial charge in [-0.2, -0.15) is 0 Å². The molecule has 0 atom stereocenters. The molecule has 1 heteroatoms. The number of hydrogen-bond acceptors (Lipinski definition) is 1. The van der Waals surface area contributed by atoms with Gasteiger partial charge in [0.2, 0.25) is 0 Å². The van der Waals surface area contributed by atoms with Crippen LogP contribution in [0.15, 0.2) is 23.5 Å². The lowest BCUT2D eigenvalue weighted by Crippen LogP contribution is -2.05. The Hall–Kier alpha value is -0.720. The van der Waals surface area contributed by atoms with Crippen LogP contribution in [0.1, 0.15) is 40.0 Å². The third-order valence-corrected chi connectivity index (χ3v) is 2.16. The number of hydrogen-bond donors (Lipinski definition) is 0. The molecule has 0 aliphatic heterocycles. The minimum atomic E-state index is 0.612. The normalized spacial score (nSPS) is 16.9. The largest absolute Gasteiger partial charge is 0.493 e. The summed E-state index contributed by atoms with van der Waals surface area (Å²) in [5, 5.41) is 0. The van der Waals surface area contributed by atoms with Gasteiger partial charge in [0.1, 0.15) is 5.76 Å². The van der Waals surface area contributed by atoms with Gasteiger partial charge in [-0.25, -0.2) is 0 Å². The Balaban J connectivity index is 2.47. The number of allylic oxidation sites excluding steroid dienone is 3. The van der Waals surface area contributed by atoms with Crippen LogP contribution in [0.5, 0.6) is 0 Å². The average molecular weight is 180 g/mol. The van der Waals surface area contributed by atoms with Crippen molar-refractivity contribution in [3.05, 3.63) is 23.5 Å². The zero-order valence-corrected chi connectivity index (χ0v) is 8.97. The minimum Gasteiger partial charge on any atom is -0.493 e. The number of ether oxygens (including phenoxy) is 1. The Labute approximate surface area is 81.5 Å². The Morgan fingerprint density at radius 2 is 2.00 bits per heavy atom. The van der Waals surface area contributed by atoms with Crippen LogP contribution in [0.4, 0.5) is 0 Å². The van der Waals surface area contributed by atoms with Gasteiger partial charge in [0, 0.05) is 0 Å². The van der Waals surface area contributed by atoms with Crippen LogP contribution in [-0.2, 0) is 4.74 Å². The van der Waals surface area contributed by atoms with E-state index in [1.807, 2.05) is 0 Å². The van der Waals surface area contributed by atoms with Gasteiger partial charge in [-0.3, -0.25) is 0 Å². The fourth-order valence-electron chi connectivity index (χ4n) is 1.43. The molecule has 1 nitrogen and oxygen atoms in total. The zero-order valence-electron chi connectivity index (χ0n) is 8.97. The maximum atomic E-state index is 5.74. The third-order valence-electron chi connectivity index (χ3n) is 2.16. The molecule has 0 saturated carbocycles. The molecule has 1 aliphatic carbocycles. The Bertz CT molecular complexity index is 211. The predicted molar refractivity (Wildman–Crippen MR) is 56.5 cm³/mol. The first-order valence-corrected chi connectivity index (χ1v) is 5.26. The molecule has 0 radical (unpaired) electrons. The molecule has 0 bridgehead atoms. The van der Waals surface area contributed by atoms with Crippen LogP contribution in [-0.4, -0.2) is 6.61 Å². The van der Waals surface area contributed by atoms with E-state index in [0.717, 1.165) is 25.2 Å². The van der Waals surface area contributed by atoms with E-state index in [4.69, 9.17) is 4.74 Å². The Kier molecular flexibility index (Phi) is 4.07. The molecule has 74 valence electrons. The summed E-state index contributed by atoms with van der Waals surface area (Å²) in [5.74, 6) is 1.74. The Morgan fingerprint density at radius 1 is 1.31 bits per heavy atom. The monoisotopic (exact) mass is 180 g/mol. The summed E-state index contributed by atoms with van der Waals surface area (Å²) in [5.41, 5.74) is 1.38. The van der Waals surface area contributed by atoms with E-state index in [0.29, 0.717) is 5.92 Å². The summed E-state index contributed by atoms with van der Waals surface area (Å²) in [7, 11) is 0. The lowest BCUT2D eigenvalue weighted by atomic mass is 10.0. The molecule has 1 aliphatic rings. The van der Waals surface area contributed by atoms with Crippen LogP contribution in [0.3, 0.4) is 0 Å². The van der Waals surface area contributed by atoms with E-state index in [9.17, 15) is 0 Å². The maximum absolute atomic E-state index is 5.74. The van der Waals surface area contributed by atoms with Gasteiger partial charge in [0.05, 0.1) is 6.61 Å². The third kappa shape index (κ3) is 3.25.